The molecule has 0 spiro atoms. The van der Waals surface area contributed by atoms with Gasteiger partial charge in [0.2, 0.25) is 17.7 Å². The monoisotopic (exact) mass is 886 g/mol. The number of amides is 3. The molecule has 0 unspecified atom stereocenters. The molecule has 1 fully saturated rings. The molecule has 15 nitrogen and oxygen atoms in total. The van der Waals surface area contributed by atoms with E-state index in [4.69, 9.17) is 23.5 Å². The largest absolute Gasteiger partial charge is 0.491 e. The number of rotatable bonds is 21. The Morgan fingerprint density at radius 3 is 2.31 bits per heavy atom. The molecule has 1 saturated heterocycles. The number of ether oxygens (including phenoxy) is 4. The Kier molecular flexibility index (Phi) is 16.5. The van der Waals surface area contributed by atoms with Crippen molar-refractivity contribution in [2.45, 2.75) is 65.3 Å². The van der Waals surface area contributed by atoms with Crippen molar-refractivity contribution in [3.63, 3.8) is 0 Å². The number of aliphatic hydroxyl groups excluding tert-OH is 1. The predicted octanol–water partition coefficient (Wildman–Crippen LogP) is 6.20. The predicted molar refractivity (Wildman–Crippen MR) is 237 cm³/mol. The van der Waals surface area contributed by atoms with Crippen LogP contribution in [0.2, 0.25) is 0 Å². The van der Waals surface area contributed by atoms with Gasteiger partial charge in [-0.3, -0.25) is 14.4 Å². The summed E-state index contributed by atoms with van der Waals surface area (Å²) in [5.74, 6) is 0.0677. The van der Waals surface area contributed by atoms with Crippen molar-refractivity contribution in [3.8, 4) is 27.0 Å². The van der Waals surface area contributed by atoms with Crippen LogP contribution in [-0.4, -0.2) is 114 Å². The third kappa shape index (κ3) is 13.1. The lowest BCUT2D eigenvalue weighted by Gasteiger charge is -2.35. The average Bonchev–Trinajstić information content (AvgIpc) is 4.09. The van der Waals surface area contributed by atoms with Gasteiger partial charge in [0.25, 0.3) is 0 Å². The number of benzene rings is 2. The van der Waals surface area contributed by atoms with Gasteiger partial charge in [-0.15, -0.1) is 22.7 Å². The molecule has 2 aromatic carbocycles. The summed E-state index contributed by atoms with van der Waals surface area (Å²) in [4.78, 5) is 51.5. The van der Waals surface area contributed by atoms with Crippen molar-refractivity contribution in [1.82, 2.24) is 30.7 Å². The minimum absolute atomic E-state index is 0.0174. The smallest absolute Gasteiger partial charge is 0.246 e. The number of hydrogen-bond donors (Lipinski definition) is 3. The lowest BCUT2D eigenvalue weighted by atomic mass is 9.85. The minimum atomic E-state index is -0.965. The zero-order valence-electron chi connectivity index (χ0n) is 35.6. The number of likely N-dealkylation sites (tertiary alicyclic amines) is 1. The Bertz CT molecular complexity index is 2220. The molecule has 3 aromatic heterocycles. The van der Waals surface area contributed by atoms with Crippen LogP contribution in [0.4, 0.5) is 0 Å². The van der Waals surface area contributed by atoms with E-state index in [1.807, 2.05) is 112 Å². The SMILES string of the molecule is Cc1ncsc1-c1ccc([C@H](C)NC(=O)[C@@H]2C[C@@H](O)CN2C(=O)[C@@H](NC(=O)COCCOCCOCCOc2ccc(/C=C/c3cc(-c4nccs4)on3)cc2)C(C)(C)C)cc1. The number of aryl methyl sites for hydroxylation is 1. The Labute approximate surface area is 369 Å². The molecule has 0 bridgehead atoms. The number of hydrogen-bond acceptors (Lipinski definition) is 14. The van der Waals surface area contributed by atoms with E-state index in [0.29, 0.717) is 37.9 Å². The maximum Gasteiger partial charge on any atom is 0.246 e. The molecule has 3 N–H and O–H groups in total. The second-order valence-electron chi connectivity index (χ2n) is 15.9. The first-order valence-corrected chi connectivity index (χ1v) is 22.2. The van der Waals surface area contributed by atoms with Crippen LogP contribution in [0.5, 0.6) is 5.75 Å². The Balaban J connectivity index is 0.841. The fraction of sp³-hybridized carbons (Fsp3) is 0.422. The number of aromatic nitrogens is 3. The Morgan fingerprint density at radius 2 is 1.65 bits per heavy atom. The topological polar surface area (TPSA) is 187 Å². The lowest BCUT2D eigenvalue weighted by Crippen LogP contribution is -2.58. The van der Waals surface area contributed by atoms with Crippen LogP contribution in [0.3, 0.4) is 0 Å². The van der Waals surface area contributed by atoms with Crippen LogP contribution in [0.15, 0.2) is 76.2 Å². The highest BCUT2D eigenvalue weighted by atomic mass is 32.1. The first kappa shape index (κ1) is 46.2. The van der Waals surface area contributed by atoms with Crippen molar-refractivity contribution in [2.24, 2.45) is 5.41 Å². The number of β-amino-alcohol motifs (C(OH)–C–C–N with tert-alkyl or cyclic N) is 1. The first-order chi connectivity index (χ1) is 29.9. The molecule has 0 saturated carbocycles. The molecule has 6 rings (SSSR count). The zero-order valence-corrected chi connectivity index (χ0v) is 37.2. The summed E-state index contributed by atoms with van der Waals surface area (Å²) >= 11 is 3.07. The van der Waals surface area contributed by atoms with E-state index in [0.717, 1.165) is 38.0 Å². The summed E-state index contributed by atoms with van der Waals surface area (Å²) in [6.45, 7) is 10.9. The van der Waals surface area contributed by atoms with Gasteiger partial charge in [-0.05, 0) is 54.2 Å². The fourth-order valence-electron chi connectivity index (χ4n) is 6.71. The van der Waals surface area contributed by atoms with Crippen LogP contribution in [0.1, 0.15) is 62.7 Å². The number of carbonyl (C=O) groups excluding carboxylic acids is 3. The van der Waals surface area contributed by atoms with Crippen molar-refractivity contribution in [2.75, 3.05) is 52.8 Å². The molecule has 62 heavy (non-hydrogen) atoms. The highest BCUT2D eigenvalue weighted by molar-refractivity contribution is 7.13. The number of aliphatic hydroxyl groups is 1. The molecule has 0 aliphatic carbocycles. The highest BCUT2D eigenvalue weighted by Crippen LogP contribution is 2.30. The fourth-order valence-corrected chi connectivity index (χ4v) is 8.11. The highest BCUT2D eigenvalue weighted by Gasteiger charge is 2.44. The molecular weight excluding hydrogens is 833 g/mol. The Morgan fingerprint density at radius 1 is 0.935 bits per heavy atom. The summed E-state index contributed by atoms with van der Waals surface area (Å²) < 4.78 is 27.8. The van der Waals surface area contributed by atoms with Crippen molar-refractivity contribution in [3.05, 3.63) is 94.2 Å². The second-order valence-corrected chi connectivity index (χ2v) is 17.6. The van der Waals surface area contributed by atoms with Gasteiger partial charge in [0, 0.05) is 30.6 Å². The van der Waals surface area contributed by atoms with E-state index in [9.17, 15) is 19.5 Å². The molecule has 1 aliphatic heterocycles. The number of thiazole rings is 2. The molecular formula is C45H54N6O9S2. The zero-order chi connectivity index (χ0) is 44.1. The number of nitrogens with one attached hydrogen (secondary N) is 2. The summed E-state index contributed by atoms with van der Waals surface area (Å²) in [7, 11) is 0. The van der Waals surface area contributed by atoms with Gasteiger partial charge < -0.3 is 44.1 Å². The first-order valence-electron chi connectivity index (χ1n) is 20.4. The summed E-state index contributed by atoms with van der Waals surface area (Å²) in [6.07, 6.45) is 4.76. The van der Waals surface area contributed by atoms with Crippen molar-refractivity contribution < 1.29 is 43.0 Å². The molecule has 17 heteroatoms. The molecule has 5 aromatic rings. The standard InChI is InChI=1S/C45H54N6O9S2/c1-29(32-9-11-33(12-10-32)40-30(2)47-28-62-40)48-42(54)37-25-35(52)26-51(37)44(55)41(45(3,4)5)49-39(53)27-58-20-19-56-17-18-57-21-22-59-36-14-7-31(8-15-36)6-13-34-24-38(60-50-34)43-46-16-23-61-43/h6-16,23-24,28-29,35,37,41,52H,17-22,25-27H2,1-5H3,(H,48,54)(H,49,53)/b13-6+/t29-,35+,37-,41+/m0/s1. The van der Waals surface area contributed by atoms with Crippen molar-refractivity contribution >= 4 is 52.5 Å². The second kappa shape index (κ2) is 22.2. The lowest BCUT2D eigenvalue weighted by molar-refractivity contribution is -0.144. The van der Waals surface area contributed by atoms with Crippen molar-refractivity contribution in [1.29, 1.82) is 0 Å². The van der Waals surface area contributed by atoms with E-state index < -0.39 is 35.4 Å². The van der Waals surface area contributed by atoms with E-state index in [1.54, 1.807) is 17.5 Å². The van der Waals surface area contributed by atoms with Gasteiger partial charge in [-0.1, -0.05) is 68.4 Å². The van der Waals surface area contributed by atoms with Crippen LogP contribution in [0.25, 0.3) is 33.4 Å². The summed E-state index contributed by atoms with van der Waals surface area (Å²) in [5, 5.41) is 23.1. The third-order valence-corrected chi connectivity index (χ3v) is 11.8. The van der Waals surface area contributed by atoms with Gasteiger partial charge in [0.1, 0.15) is 36.7 Å². The molecule has 1 aliphatic rings. The van der Waals surface area contributed by atoms with E-state index in [2.05, 4.69) is 25.8 Å². The summed E-state index contributed by atoms with van der Waals surface area (Å²) in [5.41, 5.74) is 5.72. The molecule has 4 heterocycles. The molecule has 3 amide bonds. The molecule has 0 radical (unpaired) electrons. The Hall–Kier alpha value is -5.30. The van der Waals surface area contributed by atoms with Gasteiger partial charge in [0.05, 0.1) is 61.3 Å². The average molecular weight is 887 g/mol. The minimum Gasteiger partial charge on any atom is -0.491 e. The number of nitrogens with zero attached hydrogens (tertiary/aromatic N) is 4. The van der Waals surface area contributed by atoms with E-state index in [1.165, 1.54) is 16.2 Å². The molecule has 330 valence electrons. The van der Waals surface area contributed by atoms with Gasteiger partial charge in [0.15, 0.2) is 10.8 Å². The van der Waals surface area contributed by atoms with Gasteiger partial charge >= 0.3 is 0 Å². The van der Waals surface area contributed by atoms with Crippen LogP contribution in [-0.2, 0) is 28.6 Å². The summed E-state index contributed by atoms with van der Waals surface area (Å²) in [6, 6.07) is 15.2. The maximum atomic E-state index is 14.0. The maximum absolute atomic E-state index is 14.0. The van der Waals surface area contributed by atoms with Gasteiger partial charge in [-0.25, -0.2) is 9.97 Å². The van der Waals surface area contributed by atoms with E-state index in [-0.39, 0.29) is 44.7 Å². The quantitative estimate of drug-likeness (QED) is 0.0710. The molecule has 4 atom stereocenters. The normalized spacial score (nSPS) is 16.4. The number of carbonyl (C=O) groups is 3. The van der Waals surface area contributed by atoms with E-state index >= 15 is 0 Å². The van der Waals surface area contributed by atoms with Gasteiger partial charge in [-0.2, -0.15) is 0 Å². The third-order valence-electron chi connectivity index (χ3n) is 10.0. The van der Waals surface area contributed by atoms with Crippen LogP contribution in [0, 0.1) is 12.3 Å². The van der Waals surface area contributed by atoms with Crippen LogP contribution >= 0.6 is 22.7 Å². The van der Waals surface area contributed by atoms with Crippen LogP contribution < -0.4 is 15.4 Å².